The molecular weight excluding hydrogens is 346 g/mol. The zero-order chi connectivity index (χ0) is 18.7. The van der Waals surface area contributed by atoms with Gasteiger partial charge in [-0.05, 0) is 0 Å². The average molecular weight is 362 g/mol. The molecule has 0 aromatic carbocycles. The second-order valence-electron chi connectivity index (χ2n) is 7.03. The largest absolute Gasteiger partial charge is 0.351 e. The SMILES string of the molecule is CC1(C)CN(c2cc(-c3c[nH]c(=O)[nH]c3=O)nc3nccn23)CC1(F)F. The Kier molecular flexibility index (Phi) is 3.30. The third-order valence-electron chi connectivity index (χ3n) is 4.74. The van der Waals surface area contributed by atoms with Gasteiger partial charge in [-0.2, -0.15) is 0 Å². The third-order valence-corrected chi connectivity index (χ3v) is 4.74. The van der Waals surface area contributed by atoms with E-state index >= 15 is 0 Å². The minimum absolute atomic E-state index is 0.126. The molecule has 0 saturated carbocycles. The number of anilines is 1. The lowest BCUT2D eigenvalue weighted by atomic mass is 9.89. The lowest BCUT2D eigenvalue weighted by Crippen LogP contribution is -2.34. The van der Waals surface area contributed by atoms with Crippen LogP contribution in [0.3, 0.4) is 0 Å². The summed E-state index contributed by atoms with van der Waals surface area (Å²) in [7, 11) is 0. The first-order chi connectivity index (χ1) is 12.2. The number of rotatable bonds is 2. The highest BCUT2D eigenvalue weighted by Gasteiger charge is 2.54. The first-order valence-corrected chi connectivity index (χ1v) is 7.97. The van der Waals surface area contributed by atoms with Crippen LogP contribution in [0.5, 0.6) is 0 Å². The Labute approximate surface area is 145 Å². The molecular formula is C16H16F2N6O2. The van der Waals surface area contributed by atoms with Crippen LogP contribution in [-0.4, -0.2) is 43.3 Å². The fourth-order valence-corrected chi connectivity index (χ4v) is 3.14. The van der Waals surface area contributed by atoms with Gasteiger partial charge in [0.25, 0.3) is 11.5 Å². The van der Waals surface area contributed by atoms with Gasteiger partial charge < -0.3 is 9.88 Å². The number of imidazole rings is 1. The number of aromatic nitrogens is 5. The molecule has 10 heteroatoms. The molecule has 136 valence electrons. The Morgan fingerprint density at radius 2 is 2.00 bits per heavy atom. The number of fused-ring (bicyclic) bond motifs is 1. The monoisotopic (exact) mass is 362 g/mol. The minimum atomic E-state index is -2.86. The van der Waals surface area contributed by atoms with Gasteiger partial charge in [0.05, 0.1) is 17.8 Å². The van der Waals surface area contributed by atoms with Crippen LogP contribution < -0.4 is 16.1 Å². The van der Waals surface area contributed by atoms with E-state index in [0.717, 1.165) is 0 Å². The van der Waals surface area contributed by atoms with Gasteiger partial charge in [-0.15, -0.1) is 0 Å². The van der Waals surface area contributed by atoms with Crippen molar-refractivity contribution < 1.29 is 8.78 Å². The molecule has 0 atom stereocenters. The summed E-state index contributed by atoms with van der Waals surface area (Å²) in [6.45, 7) is 2.73. The lowest BCUT2D eigenvalue weighted by Gasteiger charge is -2.24. The number of aromatic amines is 2. The summed E-state index contributed by atoms with van der Waals surface area (Å²) in [5.41, 5.74) is -2.08. The predicted octanol–water partition coefficient (Wildman–Crippen LogP) is 1.25. The molecule has 26 heavy (non-hydrogen) atoms. The molecule has 3 aromatic rings. The number of alkyl halides is 2. The van der Waals surface area contributed by atoms with Crippen molar-refractivity contribution in [1.82, 2.24) is 24.3 Å². The normalized spacial score (nSPS) is 18.5. The molecule has 4 rings (SSSR count). The van der Waals surface area contributed by atoms with Crippen LogP contribution in [0.1, 0.15) is 13.8 Å². The van der Waals surface area contributed by atoms with E-state index in [9.17, 15) is 18.4 Å². The van der Waals surface area contributed by atoms with Crippen molar-refractivity contribution in [1.29, 1.82) is 0 Å². The molecule has 0 amide bonds. The first-order valence-electron chi connectivity index (χ1n) is 7.97. The van der Waals surface area contributed by atoms with Gasteiger partial charge in [-0.3, -0.25) is 14.2 Å². The standard InChI is InChI=1S/C16H16F2N6O2/c1-15(2)7-23(8-16(15,17)18)11-5-10(21-13-19-3-4-24(11)13)9-6-20-14(26)22-12(9)25/h3-6H,7-8H2,1-2H3,(H2,20,22,25,26). The van der Waals surface area contributed by atoms with E-state index in [0.29, 0.717) is 5.82 Å². The molecule has 1 aliphatic rings. The van der Waals surface area contributed by atoms with Gasteiger partial charge in [-0.25, -0.2) is 23.5 Å². The van der Waals surface area contributed by atoms with Gasteiger partial charge in [-0.1, -0.05) is 13.8 Å². The molecule has 1 aliphatic heterocycles. The van der Waals surface area contributed by atoms with Gasteiger partial charge in [0, 0.05) is 36.6 Å². The summed E-state index contributed by atoms with van der Waals surface area (Å²) >= 11 is 0. The number of H-pyrrole nitrogens is 2. The molecule has 0 unspecified atom stereocenters. The van der Waals surface area contributed by atoms with Gasteiger partial charge in [0.15, 0.2) is 0 Å². The number of nitrogens with zero attached hydrogens (tertiary/aromatic N) is 4. The highest BCUT2D eigenvalue weighted by atomic mass is 19.3. The average Bonchev–Trinajstić information content (AvgIpc) is 3.08. The first kappa shape index (κ1) is 16.4. The van der Waals surface area contributed by atoms with Crippen LogP contribution in [-0.2, 0) is 0 Å². The Hall–Kier alpha value is -3.04. The molecule has 8 nitrogen and oxygen atoms in total. The second-order valence-corrected chi connectivity index (χ2v) is 7.03. The molecule has 0 radical (unpaired) electrons. The van der Waals surface area contributed by atoms with Crippen molar-refractivity contribution >= 4 is 11.6 Å². The van der Waals surface area contributed by atoms with E-state index in [1.165, 1.54) is 26.2 Å². The van der Waals surface area contributed by atoms with Crippen LogP contribution in [0.2, 0.25) is 0 Å². The zero-order valence-electron chi connectivity index (χ0n) is 14.1. The number of halogens is 2. The summed E-state index contributed by atoms with van der Waals surface area (Å²) < 4.78 is 30.3. The van der Waals surface area contributed by atoms with Crippen molar-refractivity contribution in [2.75, 3.05) is 18.0 Å². The quantitative estimate of drug-likeness (QED) is 0.715. The van der Waals surface area contributed by atoms with E-state index in [2.05, 4.69) is 19.9 Å². The molecule has 0 aliphatic carbocycles. The molecule has 1 saturated heterocycles. The minimum Gasteiger partial charge on any atom is -0.351 e. The highest BCUT2D eigenvalue weighted by Crippen LogP contribution is 2.44. The topological polar surface area (TPSA) is 99.2 Å². The number of hydrogen-bond donors (Lipinski definition) is 2. The highest BCUT2D eigenvalue weighted by molar-refractivity contribution is 5.65. The maximum Gasteiger partial charge on any atom is 0.325 e. The van der Waals surface area contributed by atoms with Crippen LogP contribution in [0.25, 0.3) is 17.0 Å². The van der Waals surface area contributed by atoms with Crippen LogP contribution in [0.4, 0.5) is 14.6 Å². The molecule has 0 bridgehead atoms. The van der Waals surface area contributed by atoms with Crippen molar-refractivity contribution in [3.8, 4) is 11.3 Å². The summed E-state index contributed by atoms with van der Waals surface area (Å²) in [6.07, 6.45) is 4.38. The van der Waals surface area contributed by atoms with Crippen molar-refractivity contribution in [2.24, 2.45) is 5.41 Å². The lowest BCUT2D eigenvalue weighted by molar-refractivity contribution is -0.0642. The molecule has 2 N–H and O–H groups in total. The van der Waals surface area contributed by atoms with Crippen LogP contribution >= 0.6 is 0 Å². The maximum atomic E-state index is 14.3. The van der Waals surface area contributed by atoms with E-state index in [1.807, 2.05) is 0 Å². The van der Waals surface area contributed by atoms with Crippen molar-refractivity contribution in [2.45, 2.75) is 19.8 Å². The van der Waals surface area contributed by atoms with E-state index < -0.39 is 29.1 Å². The number of nitrogens with one attached hydrogen (secondary N) is 2. The smallest absolute Gasteiger partial charge is 0.325 e. The summed E-state index contributed by atoms with van der Waals surface area (Å²) in [6, 6.07) is 1.55. The predicted molar refractivity (Wildman–Crippen MR) is 90.6 cm³/mol. The van der Waals surface area contributed by atoms with Crippen molar-refractivity contribution in [3.05, 3.63) is 45.5 Å². The maximum absolute atomic E-state index is 14.3. The Bertz CT molecular complexity index is 1100. The molecule has 1 fully saturated rings. The third kappa shape index (κ3) is 2.40. The van der Waals surface area contributed by atoms with Crippen LogP contribution in [0.15, 0.2) is 34.2 Å². The van der Waals surface area contributed by atoms with Crippen LogP contribution in [0, 0.1) is 5.41 Å². The molecule has 0 spiro atoms. The summed E-state index contributed by atoms with van der Waals surface area (Å²) in [5.74, 6) is -2.13. The van der Waals surface area contributed by atoms with E-state index in [4.69, 9.17) is 0 Å². The molecule has 3 aromatic heterocycles. The van der Waals surface area contributed by atoms with E-state index in [-0.39, 0.29) is 23.6 Å². The van der Waals surface area contributed by atoms with E-state index in [1.54, 1.807) is 21.6 Å². The number of hydrogen-bond acceptors (Lipinski definition) is 5. The summed E-state index contributed by atoms with van der Waals surface area (Å²) in [4.78, 5) is 37.8. The van der Waals surface area contributed by atoms with Gasteiger partial charge >= 0.3 is 5.69 Å². The van der Waals surface area contributed by atoms with Crippen molar-refractivity contribution in [3.63, 3.8) is 0 Å². The molecule has 4 heterocycles. The Morgan fingerprint density at radius 1 is 1.23 bits per heavy atom. The van der Waals surface area contributed by atoms with Gasteiger partial charge in [0.2, 0.25) is 5.78 Å². The second kappa shape index (κ2) is 5.23. The van der Waals surface area contributed by atoms with Gasteiger partial charge in [0.1, 0.15) is 5.82 Å². The zero-order valence-corrected chi connectivity index (χ0v) is 14.1. The summed E-state index contributed by atoms with van der Waals surface area (Å²) in [5, 5.41) is 0. The Balaban J connectivity index is 1.89. The Morgan fingerprint density at radius 3 is 2.65 bits per heavy atom. The fraction of sp³-hybridized carbons (Fsp3) is 0.375. The fourth-order valence-electron chi connectivity index (χ4n) is 3.14.